The van der Waals surface area contributed by atoms with Crippen LogP contribution >= 0.6 is 0 Å². The van der Waals surface area contributed by atoms with Gasteiger partial charge in [0.2, 0.25) is 5.91 Å². The molecule has 2 fully saturated rings. The molecule has 0 unspecified atom stereocenters. The number of aliphatic hydroxyl groups is 1. The second-order valence-corrected chi connectivity index (χ2v) is 14.8. The second-order valence-electron chi connectivity index (χ2n) is 13.1. The number of hydrogen-bond acceptors (Lipinski definition) is 7. The highest BCUT2D eigenvalue weighted by Gasteiger charge is 2.73. The monoisotopic (exact) mass is 633 g/mol. The van der Waals surface area contributed by atoms with Gasteiger partial charge in [-0.2, -0.15) is 13.2 Å². The Hall–Kier alpha value is -3.29. The van der Waals surface area contributed by atoms with Gasteiger partial charge in [-0.15, -0.1) is 0 Å². The molecule has 2 heterocycles. The van der Waals surface area contributed by atoms with Crippen LogP contribution in [0, 0.1) is 5.92 Å². The van der Waals surface area contributed by atoms with E-state index in [-0.39, 0.29) is 41.3 Å². The molecule has 0 aromatic heterocycles. The molecule has 1 saturated heterocycles. The molecule has 7 rings (SSSR count). The van der Waals surface area contributed by atoms with Crippen LogP contribution in [-0.4, -0.2) is 66.3 Å². The number of likely N-dealkylation sites (tertiary alicyclic amines) is 1. The Kier molecular flexibility index (Phi) is 6.42. The number of alkyl halides is 3. The number of carbonyl (C=O) groups is 1. The Balaban J connectivity index is 1.39. The number of phenolic OH excluding ortho intramolecular Hbond substituents is 1. The van der Waals surface area contributed by atoms with Crippen LogP contribution in [-0.2, 0) is 32.8 Å². The number of ether oxygens (including phenoxy) is 1. The predicted molar refractivity (Wildman–Crippen MR) is 152 cm³/mol. The number of phenols is 1. The maximum atomic E-state index is 13.8. The fourth-order valence-corrected chi connectivity index (χ4v) is 9.02. The van der Waals surface area contributed by atoms with Gasteiger partial charge in [0.05, 0.1) is 27.2 Å². The van der Waals surface area contributed by atoms with E-state index in [1.807, 2.05) is 6.07 Å². The molecule has 1 saturated carbocycles. The quantitative estimate of drug-likeness (QED) is 0.368. The zero-order valence-electron chi connectivity index (χ0n) is 24.2. The molecular weight excluding hydrogens is 599 g/mol. The predicted octanol–water partition coefficient (Wildman–Crippen LogP) is 3.34. The highest BCUT2D eigenvalue weighted by Crippen LogP contribution is 2.66. The van der Waals surface area contributed by atoms with E-state index in [1.54, 1.807) is 13.8 Å². The van der Waals surface area contributed by atoms with E-state index in [2.05, 4.69) is 14.9 Å². The number of nitrogens with zero attached hydrogens (tertiary/aromatic N) is 1. The summed E-state index contributed by atoms with van der Waals surface area (Å²) in [5.74, 6) is -0.0626. The summed E-state index contributed by atoms with van der Waals surface area (Å²) >= 11 is 0. The molecule has 4 N–H and O–H groups in total. The van der Waals surface area contributed by atoms with E-state index < -0.39 is 49.7 Å². The minimum atomic E-state index is -4.65. The van der Waals surface area contributed by atoms with E-state index in [4.69, 9.17) is 4.74 Å². The molecule has 2 aromatic carbocycles. The van der Waals surface area contributed by atoms with Gasteiger partial charge in [0.15, 0.2) is 17.6 Å². The Labute approximate surface area is 253 Å². The van der Waals surface area contributed by atoms with Gasteiger partial charge in [0.25, 0.3) is 10.0 Å². The molecule has 3 aliphatic carbocycles. The first-order valence-electron chi connectivity index (χ1n) is 14.9. The molecular formula is C31H34F3N3O6S. The molecule has 2 aliphatic heterocycles. The largest absolute Gasteiger partial charge is 0.504 e. The van der Waals surface area contributed by atoms with Gasteiger partial charge in [-0.25, -0.2) is 8.42 Å². The third-order valence-corrected chi connectivity index (χ3v) is 11.4. The first-order chi connectivity index (χ1) is 20.7. The third kappa shape index (κ3) is 4.26. The number of piperidine rings is 1. The summed E-state index contributed by atoms with van der Waals surface area (Å²) in [7, 11) is -4.52. The van der Waals surface area contributed by atoms with Gasteiger partial charge < -0.3 is 20.3 Å². The van der Waals surface area contributed by atoms with Crippen molar-refractivity contribution in [3.05, 3.63) is 64.4 Å². The zero-order valence-corrected chi connectivity index (χ0v) is 25.1. The number of rotatable bonds is 7. The summed E-state index contributed by atoms with van der Waals surface area (Å²) in [6.07, 6.45) is -2.94. The molecule has 2 bridgehead atoms. The molecule has 1 spiro atoms. The van der Waals surface area contributed by atoms with Crippen molar-refractivity contribution in [1.82, 2.24) is 14.9 Å². The lowest BCUT2D eigenvalue weighted by molar-refractivity contribution is -0.168. The Morgan fingerprint density at radius 2 is 1.86 bits per heavy atom. The molecule has 4 atom stereocenters. The molecule has 9 nitrogen and oxygen atoms in total. The van der Waals surface area contributed by atoms with Crippen molar-refractivity contribution in [2.75, 3.05) is 13.1 Å². The Morgan fingerprint density at radius 1 is 1.16 bits per heavy atom. The van der Waals surface area contributed by atoms with Crippen molar-refractivity contribution in [3.63, 3.8) is 0 Å². The molecule has 2 aromatic rings. The van der Waals surface area contributed by atoms with Crippen LogP contribution in [0.25, 0.3) is 0 Å². The smallest absolute Gasteiger partial charge is 0.416 e. The summed E-state index contributed by atoms with van der Waals surface area (Å²) in [5, 5.41) is 26.6. The number of amides is 1. The van der Waals surface area contributed by atoms with Crippen molar-refractivity contribution in [3.8, 4) is 11.5 Å². The maximum absolute atomic E-state index is 13.8. The normalized spacial score (nSPS) is 29.3. The van der Waals surface area contributed by atoms with E-state index >= 15 is 0 Å². The van der Waals surface area contributed by atoms with Crippen molar-refractivity contribution in [2.24, 2.45) is 5.92 Å². The third-order valence-electron chi connectivity index (χ3n) is 9.98. The van der Waals surface area contributed by atoms with Gasteiger partial charge in [0, 0.05) is 36.2 Å². The van der Waals surface area contributed by atoms with Crippen molar-refractivity contribution < 1.29 is 41.3 Å². The van der Waals surface area contributed by atoms with Gasteiger partial charge in [-0.3, -0.25) is 14.4 Å². The molecule has 1 amide bonds. The summed E-state index contributed by atoms with van der Waals surface area (Å²) in [6, 6.07) is 5.71. The lowest BCUT2D eigenvalue weighted by Crippen LogP contribution is -2.76. The molecule has 236 valence electrons. The highest BCUT2D eigenvalue weighted by atomic mass is 32.2. The van der Waals surface area contributed by atoms with Crippen LogP contribution in [0.3, 0.4) is 0 Å². The zero-order chi connectivity index (χ0) is 31.4. The van der Waals surface area contributed by atoms with Crippen LogP contribution in [0.1, 0.15) is 56.2 Å². The van der Waals surface area contributed by atoms with Crippen LogP contribution < -0.4 is 14.8 Å². The molecule has 0 radical (unpaired) electrons. The number of halogens is 3. The fourth-order valence-electron chi connectivity index (χ4n) is 7.89. The number of aromatic hydroxyl groups is 1. The number of sulfonamides is 1. The van der Waals surface area contributed by atoms with Crippen molar-refractivity contribution >= 4 is 15.9 Å². The van der Waals surface area contributed by atoms with Crippen LogP contribution in [0.15, 0.2) is 52.6 Å². The lowest BCUT2D eigenvalue weighted by atomic mass is 9.49. The van der Waals surface area contributed by atoms with Gasteiger partial charge in [-0.1, -0.05) is 6.07 Å². The van der Waals surface area contributed by atoms with Gasteiger partial charge >= 0.3 is 6.18 Å². The topological polar surface area (TPSA) is 128 Å². The van der Waals surface area contributed by atoms with Crippen LogP contribution in [0.5, 0.6) is 11.5 Å². The average molecular weight is 634 g/mol. The van der Waals surface area contributed by atoms with E-state index in [9.17, 15) is 36.6 Å². The Bertz CT molecular complexity index is 1690. The first-order valence-corrected chi connectivity index (χ1v) is 16.4. The first kappa shape index (κ1) is 29.4. The standard InChI is InChI=1S/C31H34F3N3O6S/c1-16(2)35-28(39)21-14-30(40)23-13-18-5-10-22(38)26-24(18)29(30,11-12-37(23)15-17-3-4-17)27(43-26)25(21)36-44(41,42)20-8-6-19(7-9-20)31(32,33)34/h5-10,16-17,23,27,36,38,40H,3-4,11-15H2,1-2H3,(H,35,39)/t23-,27+,29+,30-/m1/s1. The number of hydrogen-bond donors (Lipinski definition) is 4. The summed E-state index contributed by atoms with van der Waals surface area (Å²) in [4.78, 5) is 15.6. The minimum absolute atomic E-state index is 0.00803. The van der Waals surface area contributed by atoms with E-state index in [0.717, 1.165) is 37.1 Å². The van der Waals surface area contributed by atoms with Crippen LogP contribution in [0.4, 0.5) is 13.2 Å². The second kappa shape index (κ2) is 9.60. The maximum Gasteiger partial charge on any atom is 0.416 e. The van der Waals surface area contributed by atoms with Crippen LogP contribution in [0.2, 0.25) is 0 Å². The lowest BCUT2D eigenvalue weighted by Gasteiger charge is -2.63. The molecule has 44 heavy (non-hydrogen) atoms. The minimum Gasteiger partial charge on any atom is -0.504 e. The van der Waals surface area contributed by atoms with E-state index in [1.165, 1.54) is 6.07 Å². The Morgan fingerprint density at radius 3 is 2.50 bits per heavy atom. The van der Waals surface area contributed by atoms with Gasteiger partial charge in [0.1, 0.15) is 0 Å². The summed E-state index contributed by atoms with van der Waals surface area (Å²) in [6.45, 7) is 4.91. The van der Waals surface area contributed by atoms with Gasteiger partial charge in [-0.05, 0) is 87.9 Å². The fraction of sp³-hybridized carbons (Fsp3) is 0.516. The summed E-state index contributed by atoms with van der Waals surface area (Å²) in [5.41, 5.74) is -2.31. The molecule has 5 aliphatic rings. The SMILES string of the molecule is CC(C)NC(=O)C1=C(NS(=O)(=O)c2ccc(C(F)(F)F)cc2)[C@@H]2Oc3c(O)ccc4c3[C@@]23CCN(CC2CC2)[C@H](C4)[C@]3(O)C1. The van der Waals surface area contributed by atoms with E-state index in [0.29, 0.717) is 43.0 Å². The number of nitrogens with one attached hydrogen (secondary N) is 2. The average Bonchev–Trinajstić information content (AvgIpc) is 3.68. The summed E-state index contributed by atoms with van der Waals surface area (Å²) < 4.78 is 76.0. The van der Waals surface area contributed by atoms with Crippen molar-refractivity contribution in [1.29, 1.82) is 0 Å². The molecule has 13 heteroatoms. The highest BCUT2D eigenvalue weighted by molar-refractivity contribution is 7.89. The van der Waals surface area contributed by atoms with Crippen molar-refractivity contribution in [2.45, 2.75) is 86.2 Å². The number of benzene rings is 2. The number of carbonyl (C=O) groups excluding carboxylic acids is 1.